The molecule has 8 heteroatoms. The van der Waals surface area contributed by atoms with Crippen LogP contribution in [0.3, 0.4) is 0 Å². The van der Waals surface area contributed by atoms with Crippen molar-refractivity contribution in [3.05, 3.63) is 96.1 Å². The molecule has 1 atom stereocenters. The molecule has 0 aliphatic carbocycles. The van der Waals surface area contributed by atoms with Crippen LogP contribution >= 0.6 is 0 Å². The van der Waals surface area contributed by atoms with Crippen LogP contribution in [0.1, 0.15) is 15.9 Å². The highest BCUT2D eigenvalue weighted by molar-refractivity contribution is 7.92. The Morgan fingerprint density at radius 3 is 2.21 bits per heavy atom. The van der Waals surface area contributed by atoms with Crippen molar-refractivity contribution in [3.8, 4) is 0 Å². The molecule has 2 N–H and O–H groups in total. The van der Waals surface area contributed by atoms with Crippen LogP contribution in [0.5, 0.6) is 0 Å². The summed E-state index contributed by atoms with van der Waals surface area (Å²) in [7, 11) is -3.36. The molecule has 0 saturated carbocycles. The fraction of sp³-hybridized carbons (Fsp3) is 0.269. The van der Waals surface area contributed by atoms with Gasteiger partial charge in [0.25, 0.3) is 5.91 Å². The molecular weight excluding hydrogens is 448 g/mol. The number of nitrogens with zero attached hydrogens (tertiary/aromatic N) is 2. The zero-order chi connectivity index (χ0) is 24.0. The van der Waals surface area contributed by atoms with Gasteiger partial charge in [0.2, 0.25) is 10.0 Å². The molecule has 0 bridgehead atoms. The van der Waals surface area contributed by atoms with Crippen LogP contribution < -0.4 is 14.9 Å². The second-order valence-electron chi connectivity index (χ2n) is 8.57. The molecule has 7 nitrogen and oxygen atoms in total. The Bertz CT molecular complexity index is 1190. The fourth-order valence-electron chi connectivity index (χ4n) is 4.26. The van der Waals surface area contributed by atoms with Crippen molar-refractivity contribution in [2.45, 2.75) is 12.6 Å². The van der Waals surface area contributed by atoms with Crippen molar-refractivity contribution in [1.82, 2.24) is 10.2 Å². The lowest BCUT2D eigenvalue weighted by molar-refractivity contribution is 0.0945. The third kappa shape index (κ3) is 6.59. The molecule has 3 aromatic carbocycles. The van der Waals surface area contributed by atoms with Gasteiger partial charge in [-0.15, -0.1) is 0 Å². The lowest BCUT2D eigenvalue weighted by Gasteiger charge is -2.43. The summed E-state index contributed by atoms with van der Waals surface area (Å²) in [5.41, 5.74) is 3.35. The molecule has 1 fully saturated rings. The molecule has 0 aromatic heterocycles. The first-order valence-electron chi connectivity index (χ1n) is 11.3. The van der Waals surface area contributed by atoms with E-state index in [1.54, 1.807) is 24.3 Å². The normalized spacial score (nSPS) is 16.7. The van der Waals surface area contributed by atoms with Gasteiger partial charge in [0.15, 0.2) is 0 Å². The van der Waals surface area contributed by atoms with Crippen molar-refractivity contribution in [2.75, 3.05) is 42.1 Å². The number of anilines is 2. The highest BCUT2D eigenvalue weighted by Crippen LogP contribution is 2.21. The lowest BCUT2D eigenvalue weighted by Crippen LogP contribution is -2.57. The third-order valence-corrected chi connectivity index (χ3v) is 6.46. The Hall–Kier alpha value is -3.36. The summed E-state index contributed by atoms with van der Waals surface area (Å²) in [5.74, 6) is -0.181. The molecule has 3 aromatic rings. The first-order valence-corrected chi connectivity index (χ1v) is 13.2. The first-order chi connectivity index (χ1) is 16.4. The van der Waals surface area contributed by atoms with Gasteiger partial charge >= 0.3 is 0 Å². The standard InChI is InChI=1S/C26H30N4O3S/c1-34(32,33)28-23-14-12-22(13-15-23)26(31)27-18-25-20-29(19-21-8-4-2-5-9-21)16-17-30(25)24-10-6-3-7-11-24/h2-15,25,28H,16-20H2,1H3,(H,27,31). The van der Waals surface area contributed by atoms with Gasteiger partial charge in [-0.25, -0.2) is 8.42 Å². The Labute approximate surface area is 201 Å². The van der Waals surface area contributed by atoms with Gasteiger partial charge in [-0.1, -0.05) is 48.5 Å². The van der Waals surface area contributed by atoms with Crippen LogP contribution in [0.25, 0.3) is 0 Å². The zero-order valence-corrected chi connectivity index (χ0v) is 20.0. The number of carbonyl (C=O) groups excluding carboxylic acids is 1. The summed E-state index contributed by atoms with van der Waals surface area (Å²) in [5, 5.41) is 3.07. The minimum Gasteiger partial charge on any atom is -0.364 e. The number of hydrogen-bond acceptors (Lipinski definition) is 5. The van der Waals surface area contributed by atoms with E-state index in [2.05, 4.69) is 56.2 Å². The molecule has 1 heterocycles. The maximum absolute atomic E-state index is 12.8. The van der Waals surface area contributed by atoms with E-state index in [1.165, 1.54) is 5.56 Å². The lowest BCUT2D eigenvalue weighted by atomic mass is 10.1. The van der Waals surface area contributed by atoms with E-state index in [1.807, 2.05) is 24.3 Å². The summed E-state index contributed by atoms with van der Waals surface area (Å²) in [6.07, 6.45) is 1.09. The molecule has 1 unspecified atom stereocenters. The van der Waals surface area contributed by atoms with Crippen LogP contribution in [0.4, 0.5) is 11.4 Å². The Morgan fingerprint density at radius 1 is 0.912 bits per heavy atom. The Balaban J connectivity index is 1.42. The van der Waals surface area contributed by atoms with E-state index in [4.69, 9.17) is 0 Å². The van der Waals surface area contributed by atoms with Crippen LogP contribution in [0.15, 0.2) is 84.9 Å². The SMILES string of the molecule is CS(=O)(=O)Nc1ccc(C(=O)NCC2CN(Cc3ccccc3)CCN2c2ccccc2)cc1. The number of para-hydroxylation sites is 1. The van der Waals surface area contributed by atoms with E-state index in [9.17, 15) is 13.2 Å². The van der Waals surface area contributed by atoms with Gasteiger partial charge in [0, 0.05) is 49.7 Å². The summed E-state index contributed by atoms with van der Waals surface area (Å²) in [6, 6.07) is 27.3. The molecule has 0 radical (unpaired) electrons. The summed E-state index contributed by atoms with van der Waals surface area (Å²) in [6.45, 7) is 4.04. The maximum Gasteiger partial charge on any atom is 0.251 e. The number of nitrogens with one attached hydrogen (secondary N) is 2. The number of amides is 1. The number of sulfonamides is 1. The minimum atomic E-state index is -3.36. The van der Waals surface area contributed by atoms with Gasteiger partial charge in [0.1, 0.15) is 0 Å². The van der Waals surface area contributed by atoms with Crippen molar-refractivity contribution in [2.24, 2.45) is 0 Å². The molecule has 0 spiro atoms. The molecule has 1 saturated heterocycles. The van der Waals surface area contributed by atoms with Crippen LogP contribution in [-0.2, 0) is 16.6 Å². The van der Waals surface area contributed by atoms with Gasteiger partial charge in [-0.2, -0.15) is 0 Å². The molecular formula is C26H30N4O3S. The summed E-state index contributed by atoms with van der Waals surface area (Å²) >= 11 is 0. The summed E-state index contributed by atoms with van der Waals surface area (Å²) in [4.78, 5) is 17.6. The third-order valence-electron chi connectivity index (χ3n) is 5.85. The smallest absolute Gasteiger partial charge is 0.251 e. The number of carbonyl (C=O) groups is 1. The minimum absolute atomic E-state index is 0.120. The monoisotopic (exact) mass is 478 g/mol. The second kappa shape index (κ2) is 10.7. The number of piperazine rings is 1. The zero-order valence-electron chi connectivity index (χ0n) is 19.2. The molecule has 178 valence electrons. The van der Waals surface area contributed by atoms with E-state index in [0.29, 0.717) is 17.8 Å². The van der Waals surface area contributed by atoms with Gasteiger partial charge in [0.05, 0.1) is 12.3 Å². The van der Waals surface area contributed by atoms with E-state index in [0.717, 1.165) is 38.1 Å². The van der Waals surface area contributed by atoms with E-state index in [-0.39, 0.29) is 11.9 Å². The number of hydrogen-bond donors (Lipinski definition) is 2. The quantitative estimate of drug-likeness (QED) is 0.520. The molecule has 1 aliphatic rings. The largest absolute Gasteiger partial charge is 0.364 e. The highest BCUT2D eigenvalue weighted by Gasteiger charge is 2.27. The highest BCUT2D eigenvalue weighted by atomic mass is 32.2. The average Bonchev–Trinajstić information content (AvgIpc) is 2.83. The van der Waals surface area contributed by atoms with Gasteiger partial charge < -0.3 is 10.2 Å². The average molecular weight is 479 g/mol. The number of rotatable bonds is 8. The summed E-state index contributed by atoms with van der Waals surface area (Å²) < 4.78 is 25.2. The van der Waals surface area contributed by atoms with Crippen molar-refractivity contribution >= 4 is 27.3 Å². The van der Waals surface area contributed by atoms with Crippen molar-refractivity contribution < 1.29 is 13.2 Å². The van der Waals surface area contributed by atoms with Gasteiger partial charge in [-0.05, 0) is 42.0 Å². The number of benzene rings is 3. The predicted molar refractivity (Wildman–Crippen MR) is 137 cm³/mol. The van der Waals surface area contributed by atoms with E-state index < -0.39 is 10.0 Å². The van der Waals surface area contributed by atoms with Crippen molar-refractivity contribution in [1.29, 1.82) is 0 Å². The van der Waals surface area contributed by atoms with Crippen LogP contribution in [0.2, 0.25) is 0 Å². The molecule has 4 rings (SSSR count). The van der Waals surface area contributed by atoms with Crippen molar-refractivity contribution in [3.63, 3.8) is 0 Å². The first kappa shape index (κ1) is 23.8. The topological polar surface area (TPSA) is 81.7 Å². The maximum atomic E-state index is 12.8. The Morgan fingerprint density at radius 2 is 1.56 bits per heavy atom. The molecule has 1 amide bonds. The second-order valence-corrected chi connectivity index (χ2v) is 10.3. The molecule has 34 heavy (non-hydrogen) atoms. The fourth-order valence-corrected chi connectivity index (χ4v) is 4.82. The van der Waals surface area contributed by atoms with Crippen LogP contribution in [-0.4, -0.2) is 57.7 Å². The van der Waals surface area contributed by atoms with Gasteiger partial charge in [-0.3, -0.25) is 14.4 Å². The predicted octanol–water partition coefficient (Wildman–Crippen LogP) is 3.18. The van der Waals surface area contributed by atoms with Crippen LogP contribution in [0, 0.1) is 0 Å². The molecule has 1 aliphatic heterocycles. The Kier molecular flexibility index (Phi) is 7.49. The van der Waals surface area contributed by atoms with E-state index >= 15 is 0 Å².